The zero-order valence-electron chi connectivity index (χ0n) is 11.1. The van der Waals surface area contributed by atoms with Crippen LogP contribution in [0.15, 0.2) is 36.9 Å². The third-order valence-corrected chi connectivity index (χ3v) is 2.61. The van der Waals surface area contributed by atoms with Gasteiger partial charge >= 0.3 is 12.6 Å². The zero-order valence-corrected chi connectivity index (χ0v) is 11.1. The number of halogens is 2. The molecule has 0 aromatic heterocycles. The number of benzene rings is 1. The molecule has 2 N–H and O–H groups in total. The Balaban J connectivity index is 2.87. The Morgan fingerprint density at radius 2 is 2.05 bits per heavy atom. The molecule has 21 heavy (non-hydrogen) atoms. The molecule has 1 aromatic rings. The van der Waals surface area contributed by atoms with Gasteiger partial charge in [-0.1, -0.05) is 18.2 Å². The Labute approximate surface area is 120 Å². The number of carbonyl (C=O) groups excluding carboxylic acids is 1. The second kappa shape index (κ2) is 7.98. The number of nitrogens with one attached hydrogen (secondary N) is 1. The van der Waals surface area contributed by atoms with E-state index in [1.54, 1.807) is 0 Å². The van der Waals surface area contributed by atoms with Crippen LogP contribution in [0.4, 0.5) is 8.78 Å². The zero-order chi connectivity index (χ0) is 15.8. The second-order valence-corrected chi connectivity index (χ2v) is 4.10. The van der Waals surface area contributed by atoms with Gasteiger partial charge in [-0.05, 0) is 25.0 Å². The Morgan fingerprint density at radius 3 is 2.62 bits per heavy atom. The maximum Gasteiger partial charge on any atom is 0.387 e. The highest BCUT2D eigenvalue weighted by Gasteiger charge is 2.22. The number of para-hydroxylation sites is 1. The fraction of sp³-hybridized carbons (Fsp3) is 0.286. The summed E-state index contributed by atoms with van der Waals surface area (Å²) in [5.41, 5.74) is -0.150. The molecule has 7 heteroatoms. The van der Waals surface area contributed by atoms with Crippen LogP contribution in [0.2, 0.25) is 0 Å². The Morgan fingerprint density at radius 1 is 1.38 bits per heavy atom. The lowest BCUT2D eigenvalue weighted by Gasteiger charge is -2.15. The number of ether oxygens (including phenoxy) is 1. The molecule has 1 unspecified atom stereocenters. The maximum absolute atomic E-state index is 12.3. The summed E-state index contributed by atoms with van der Waals surface area (Å²) in [6.07, 6.45) is 2.07. The molecule has 114 valence electrons. The number of allylic oxidation sites excluding steroid dienone is 1. The van der Waals surface area contributed by atoms with E-state index >= 15 is 0 Å². The van der Waals surface area contributed by atoms with Gasteiger partial charge in [0.05, 0.1) is 5.56 Å². The maximum atomic E-state index is 12.3. The lowest BCUT2D eigenvalue weighted by Crippen LogP contribution is -2.40. The molecule has 0 bridgehead atoms. The van der Waals surface area contributed by atoms with Crippen molar-refractivity contribution in [1.82, 2.24) is 5.32 Å². The number of alkyl halides is 2. The first kappa shape index (κ1) is 16.6. The summed E-state index contributed by atoms with van der Waals surface area (Å²) in [6.45, 7) is 0.393. The van der Waals surface area contributed by atoms with Crippen molar-refractivity contribution in [3.8, 4) is 5.75 Å². The van der Waals surface area contributed by atoms with Gasteiger partial charge in [-0.15, -0.1) is 6.58 Å². The molecule has 0 radical (unpaired) electrons. The van der Waals surface area contributed by atoms with Crippen molar-refractivity contribution in [1.29, 1.82) is 0 Å². The molecule has 0 saturated heterocycles. The van der Waals surface area contributed by atoms with E-state index in [-0.39, 0.29) is 17.7 Å². The van der Waals surface area contributed by atoms with Crippen LogP contribution in [0.1, 0.15) is 23.2 Å². The smallest absolute Gasteiger partial charge is 0.387 e. The Kier molecular flexibility index (Phi) is 6.32. The molecule has 0 aliphatic carbocycles. The molecule has 1 aromatic carbocycles. The minimum Gasteiger partial charge on any atom is -0.480 e. The van der Waals surface area contributed by atoms with Gasteiger partial charge in [-0.3, -0.25) is 4.79 Å². The van der Waals surface area contributed by atoms with Gasteiger partial charge in [0.25, 0.3) is 5.91 Å². The van der Waals surface area contributed by atoms with E-state index in [2.05, 4.69) is 16.6 Å². The Hall–Kier alpha value is -2.44. The number of carbonyl (C=O) groups is 2. The molecule has 1 amide bonds. The fourth-order valence-corrected chi connectivity index (χ4v) is 1.63. The molecular formula is C14H15F2NO4. The first-order valence-corrected chi connectivity index (χ1v) is 6.14. The largest absolute Gasteiger partial charge is 0.480 e. The SMILES string of the molecule is C=CCCC(NC(=O)c1ccccc1OC(F)F)C(=O)O. The van der Waals surface area contributed by atoms with Crippen LogP contribution in [0.25, 0.3) is 0 Å². The molecule has 0 fully saturated rings. The van der Waals surface area contributed by atoms with Gasteiger partial charge in [0.1, 0.15) is 11.8 Å². The van der Waals surface area contributed by atoms with Crippen LogP contribution in [-0.4, -0.2) is 29.6 Å². The van der Waals surface area contributed by atoms with Gasteiger partial charge in [0, 0.05) is 0 Å². The summed E-state index contributed by atoms with van der Waals surface area (Å²) in [5, 5.41) is 11.3. The number of hydrogen-bond donors (Lipinski definition) is 2. The van der Waals surface area contributed by atoms with E-state index in [9.17, 15) is 18.4 Å². The molecule has 1 rings (SSSR count). The third-order valence-electron chi connectivity index (χ3n) is 2.61. The highest BCUT2D eigenvalue weighted by atomic mass is 19.3. The molecule has 0 aliphatic rings. The topological polar surface area (TPSA) is 75.6 Å². The van der Waals surface area contributed by atoms with Crippen LogP contribution in [0.3, 0.4) is 0 Å². The summed E-state index contributed by atoms with van der Waals surface area (Å²) in [5.74, 6) is -2.31. The summed E-state index contributed by atoms with van der Waals surface area (Å²) in [4.78, 5) is 23.0. The van der Waals surface area contributed by atoms with Crippen molar-refractivity contribution in [3.63, 3.8) is 0 Å². The summed E-state index contributed by atoms with van der Waals surface area (Å²) in [6, 6.07) is 4.25. The third kappa shape index (κ3) is 5.21. The van der Waals surface area contributed by atoms with E-state index in [1.807, 2.05) is 0 Å². The fourth-order valence-electron chi connectivity index (χ4n) is 1.63. The standard InChI is InChI=1S/C14H15F2NO4/c1-2-3-7-10(13(19)20)17-12(18)9-6-4-5-8-11(9)21-14(15)16/h2,4-6,8,10,14H,1,3,7H2,(H,17,18)(H,19,20). The van der Waals surface area contributed by atoms with Gasteiger partial charge in [0.2, 0.25) is 0 Å². The van der Waals surface area contributed by atoms with Crippen LogP contribution in [0, 0.1) is 0 Å². The van der Waals surface area contributed by atoms with Crippen molar-refractivity contribution in [2.75, 3.05) is 0 Å². The molecular weight excluding hydrogens is 284 g/mol. The van der Waals surface area contributed by atoms with Crippen molar-refractivity contribution in [2.24, 2.45) is 0 Å². The van der Waals surface area contributed by atoms with Crippen LogP contribution in [0.5, 0.6) is 5.75 Å². The molecule has 0 saturated carbocycles. The summed E-state index contributed by atoms with van der Waals surface area (Å²) >= 11 is 0. The van der Waals surface area contributed by atoms with Crippen molar-refractivity contribution < 1.29 is 28.2 Å². The number of aliphatic carboxylic acids is 1. The molecule has 0 spiro atoms. The van der Waals surface area contributed by atoms with Gasteiger partial charge < -0.3 is 15.2 Å². The van der Waals surface area contributed by atoms with E-state index in [0.29, 0.717) is 6.42 Å². The number of hydrogen-bond acceptors (Lipinski definition) is 3. The number of rotatable bonds is 8. The average Bonchev–Trinajstić information content (AvgIpc) is 2.42. The lowest BCUT2D eigenvalue weighted by molar-refractivity contribution is -0.139. The summed E-state index contributed by atoms with van der Waals surface area (Å²) < 4.78 is 28.8. The number of carboxylic acids is 1. The quantitative estimate of drug-likeness (QED) is 0.723. The highest BCUT2D eigenvalue weighted by molar-refractivity contribution is 5.98. The molecule has 0 aliphatic heterocycles. The Bertz CT molecular complexity index is 519. The second-order valence-electron chi connectivity index (χ2n) is 4.10. The molecule has 0 heterocycles. The van der Waals surface area contributed by atoms with Crippen LogP contribution < -0.4 is 10.1 Å². The van der Waals surface area contributed by atoms with Crippen molar-refractivity contribution in [3.05, 3.63) is 42.5 Å². The molecule has 5 nitrogen and oxygen atoms in total. The minimum atomic E-state index is -3.07. The minimum absolute atomic E-state index is 0.150. The molecule has 1 atom stereocenters. The van der Waals surface area contributed by atoms with Crippen molar-refractivity contribution >= 4 is 11.9 Å². The predicted octanol–water partition coefficient (Wildman–Crippen LogP) is 2.44. The van der Waals surface area contributed by atoms with E-state index in [1.165, 1.54) is 30.3 Å². The van der Waals surface area contributed by atoms with E-state index < -0.39 is 24.5 Å². The highest BCUT2D eigenvalue weighted by Crippen LogP contribution is 2.20. The van der Waals surface area contributed by atoms with Gasteiger partial charge in [0.15, 0.2) is 0 Å². The van der Waals surface area contributed by atoms with Gasteiger partial charge in [-0.2, -0.15) is 8.78 Å². The monoisotopic (exact) mass is 299 g/mol. The predicted molar refractivity (Wildman–Crippen MR) is 71.4 cm³/mol. The normalized spacial score (nSPS) is 11.8. The number of amides is 1. The average molecular weight is 299 g/mol. The summed E-state index contributed by atoms with van der Waals surface area (Å²) in [7, 11) is 0. The van der Waals surface area contributed by atoms with E-state index in [0.717, 1.165) is 0 Å². The van der Waals surface area contributed by atoms with Crippen LogP contribution in [-0.2, 0) is 4.79 Å². The first-order valence-electron chi connectivity index (χ1n) is 6.14. The van der Waals surface area contributed by atoms with Gasteiger partial charge in [-0.25, -0.2) is 4.79 Å². The van der Waals surface area contributed by atoms with E-state index in [4.69, 9.17) is 5.11 Å². The first-order chi connectivity index (χ1) is 9.95. The van der Waals surface area contributed by atoms with Crippen molar-refractivity contribution in [2.45, 2.75) is 25.5 Å². The van der Waals surface area contributed by atoms with Crippen LogP contribution >= 0.6 is 0 Å². The number of carboxylic acid groups (broad SMARTS) is 1. The lowest BCUT2D eigenvalue weighted by atomic mass is 10.1.